The van der Waals surface area contributed by atoms with Crippen LogP contribution in [0.5, 0.6) is 11.5 Å². The number of nitrogens with one attached hydrogen (secondary N) is 1. The van der Waals surface area contributed by atoms with E-state index < -0.39 is 0 Å². The highest BCUT2D eigenvalue weighted by Crippen LogP contribution is 2.35. The Bertz CT molecular complexity index is 584. The van der Waals surface area contributed by atoms with Crippen LogP contribution < -0.4 is 14.8 Å². The van der Waals surface area contributed by atoms with E-state index in [1.54, 1.807) is 21.3 Å². The van der Waals surface area contributed by atoms with Crippen molar-refractivity contribution in [2.24, 2.45) is 0 Å². The van der Waals surface area contributed by atoms with Gasteiger partial charge in [-0.1, -0.05) is 0 Å². The van der Waals surface area contributed by atoms with Gasteiger partial charge in [-0.3, -0.25) is 0 Å². The average Bonchev–Trinajstić information content (AvgIpc) is 2.45. The van der Waals surface area contributed by atoms with Crippen molar-refractivity contribution in [2.75, 3.05) is 33.7 Å². The fourth-order valence-electron chi connectivity index (χ4n) is 2.06. The quantitative estimate of drug-likeness (QED) is 0.897. The number of aromatic nitrogens is 1. The number of rotatable bonds is 5. The molecule has 0 fully saturated rings. The lowest BCUT2D eigenvalue weighted by atomic mass is 10.1. The molecular weight excluding hydrogens is 244 g/mol. The van der Waals surface area contributed by atoms with Crippen molar-refractivity contribution in [3.05, 3.63) is 23.9 Å². The Hall–Kier alpha value is -2.01. The van der Waals surface area contributed by atoms with Gasteiger partial charge in [0.15, 0.2) is 0 Å². The highest BCUT2D eigenvalue weighted by molar-refractivity contribution is 5.97. The van der Waals surface area contributed by atoms with Crippen LogP contribution in [-0.2, 0) is 11.3 Å². The zero-order chi connectivity index (χ0) is 13.8. The Labute approximate surface area is 112 Å². The van der Waals surface area contributed by atoms with Crippen molar-refractivity contribution in [2.45, 2.75) is 6.61 Å². The largest absolute Gasteiger partial charge is 0.497 e. The highest BCUT2D eigenvalue weighted by atomic mass is 16.5. The van der Waals surface area contributed by atoms with Crippen LogP contribution in [0.1, 0.15) is 5.69 Å². The normalized spacial score (nSPS) is 10.5. The second kappa shape index (κ2) is 5.75. The van der Waals surface area contributed by atoms with Gasteiger partial charge in [0.05, 0.1) is 37.4 Å². The van der Waals surface area contributed by atoms with Crippen molar-refractivity contribution in [3.8, 4) is 11.5 Å². The second-order valence-corrected chi connectivity index (χ2v) is 4.07. The van der Waals surface area contributed by atoms with Crippen molar-refractivity contribution in [3.63, 3.8) is 0 Å². The maximum atomic E-state index is 5.42. The van der Waals surface area contributed by atoms with Crippen molar-refractivity contribution in [1.82, 2.24) is 4.98 Å². The van der Waals surface area contributed by atoms with E-state index in [9.17, 15) is 0 Å². The number of pyridine rings is 1. The predicted molar refractivity (Wildman–Crippen MR) is 75.1 cm³/mol. The number of methoxy groups -OCH3 is 3. The fourth-order valence-corrected chi connectivity index (χ4v) is 2.06. The van der Waals surface area contributed by atoms with E-state index in [2.05, 4.69) is 10.3 Å². The van der Waals surface area contributed by atoms with Crippen LogP contribution in [0, 0.1) is 0 Å². The topological polar surface area (TPSA) is 52.6 Å². The minimum atomic E-state index is 0.462. The predicted octanol–water partition coefficient (Wildman–Crippen LogP) is 2.44. The third kappa shape index (κ3) is 2.56. The molecule has 0 spiro atoms. The summed E-state index contributed by atoms with van der Waals surface area (Å²) in [4.78, 5) is 4.57. The molecular formula is C14H18N2O3. The molecule has 0 amide bonds. The van der Waals surface area contributed by atoms with Crippen LogP contribution in [0.4, 0.5) is 5.69 Å². The lowest BCUT2D eigenvalue weighted by molar-refractivity contribution is 0.182. The number of hydrogen-bond donors (Lipinski definition) is 1. The molecule has 1 aromatic carbocycles. The third-order valence-electron chi connectivity index (χ3n) is 2.92. The first kappa shape index (κ1) is 13.4. The molecule has 0 radical (unpaired) electrons. The summed E-state index contributed by atoms with van der Waals surface area (Å²) in [5, 5.41) is 4.10. The smallest absolute Gasteiger partial charge is 0.134 e. The molecule has 5 nitrogen and oxygen atoms in total. The van der Waals surface area contributed by atoms with Gasteiger partial charge in [0.1, 0.15) is 11.5 Å². The molecule has 5 heteroatoms. The molecule has 0 atom stereocenters. The van der Waals surface area contributed by atoms with E-state index in [-0.39, 0.29) is 0 Å². The second-order valence-electron chi connectivity index (χ2n) is 4.07. The van der Waals surface area contributed by atoms with Crippen molar-refractivity contribution in [1.29, 1.82) is 0 Å². The Morgan fingerprint density at radius 2 is 1.89 bits per heavy atom. The van der Waals surface area contributed by atoms with Gasteiger partial charge >= 0.3 is 0 Å². The van der Waals surface area contributed by atoms with Gasteiger partial charge in [-0.25, -0.2) is 4.98 Å². The van der Waals surface area contributed by atoms with Gasteiger partial charge in [0, 0.05) is 32.0 Å². The molecule has 1 aromatic heterocycles. The number of nitrogens with zero attached hydrogens (tertiary/aromatic N) is 1. The zero-order valence-electron chi connectivity index (χ0n) is 11.6. The summed E-state index contributed by atoms with van der Waals surface area (Å²) in [5.41, 5.74) is 2.63. The molecule has 2 aromatic rings. The van der Waals surface area contributed by atoms with Gasteiger partial charge in [0.25, 0.3) is 0 Å². The molecule has 0 aliphatic rings. The molecule has 0 saturated carbocycles. The first-order chi connectivity index (χ1) is 9.23. The summed E-state index contributed by atoms with van der Waals surface area (Å²) in [5.74, 6) is 1.45. The van der Waals surface area contributed by atoms with E-state index in [0.717, 1.165) is 28.0 Å². The van der Waals surface area contributed by atoms with Crippen LogP contribution in [0.2, 0.25) is 0 Å². The Balaban J connectivity index is 2.73. The first-order valence-corrected chi connectivity index (χ1v) is 5.95. The summed E-state index contributed by atoms with van der Waals surface area (Å²) >= 11 is 0. The molecule has 2 rings (SSSR count). The number of ether oxygens (including phenoxy) is 3. The maximum absolute atomic E-state index is 5.42. The van der Waals surface area contributed by atoms with Crippen LogP contribution in [0.3, 0.4) is 0 Å². The average molecular weight is 262 g/mol. The number of hydrogen-bond acceptors (Lipinski definition) is 5. The number of anilines is 1. The van der Waals surface area contributed by atoms with Crippen LogP contribution in [0.15, 0.2) is 18.2 Å². The van der Waals surface area contributed by atoms with Crippen LogP contribution in [-0.4, -0.2) is 33.4 Å². The SMILES string of the molecule is CNc1cc(COC)nc2cc(OC)cc(OC)c12. The fraction of sp³-hybridized carbons (Fsp3) is 0.357. The lowest BCUT2D eigenvalue weighted by Crippen LogP contribution is -2.00. The van der Waals surface area contributed by atoms with E-state index >= 15 is 0 Å². The van der Waals surface area contributed by atoms with Gasteiger partial charge in [-0.15, -0.1) is 0 Å². The molecule has 0 unspecified atom stereocenters. The van der Waals surface area contributed by atoms with Gasteiger partial charge in [-0.2, -0.15) is 0 Å². The summed E-state index contributed by atoms with van der Waals surface area (Å²) < 4.78 is 15.8. The van der Waals surface area contributed by atoms with Crippen molar-refractivity contribution >= 4 is 16.6 Å². The Kier molecular flexibility index (Phi) is 4.06. The third-order valence-corrected chi connectivity index (χ3v) is 2.92. The molecule has 1 N–H and O–H groups in total. The molecule has 0 saturated heterocycles. The number of fused-ring (bicyclic) bond motifs is 1. The Morgan fingerprint density at radius 3 is 2.47 bits per heavy atom. The summed E-state index contributed by atoms with van der Waals surface area (Å²) in [6.07, 6.45) is 0. The minimum absolute atomic E-state index is 0.462. The molecule has 19 heavy (non-hydrogen) atoms. The van der Waals surface area contributed by atoms with E-state index in [1.807, 2.05) is 25.2 Å². The summed E-state index contributed by atoms with van der Waals surface area (Å²) in [6, 6.07) is 5.69. The standard InChI is InChI=1S/C14H18N2O3/c1-15-11-5-9(8-17-2)16-12-6-10(18-3)7-13(19-4)14(11)12/h5-7H,8H2,1-4H3,(H,15,16). The zero-order valence-corrected chi connectivity index (χ0v) is 11.6. The lowest BCUT2D eigenvalue weighted by Gasteiger charge is -2.13. The molecule has 102 valence electrons. The van der Waals surface area contributed by atoms with E-state index in [4.69, 9.17) is 14.2 Å². The maximum Gasteiger partial charge on any atom is 0.134 e. The van der Waals surface area contributed by atoms with Crippen molar-refractivity contribution < 1.29 is 14.2 Å². The van der Waals surface area contributed by atoms with Crippen LogP contribution in [0.25, 0.3) is 10.9 Å². The van der Waals surface area contributed by atoms with E-state index in [0.29, 0.717) is 12.4 Å². The van der Waals surface area contributed by atoms with Gasteiger partial charge in [-0.05, 0) is 6.07 Å². The van der Waals surface area contributed by atoms with Gasteiger partial charge in [0.2, 0.25) is 0 Å². The number of benzene rings is 1. The van der Waals surface area contributed by atoms with Gasteiger partial charge < -0.3 is 19.5 Å². The minimum Gasteiger partial charge on any atom is -0.497 e. The van der Waals surface area contributed by atoms with E-state index in [1.165, 1.54) is 0 Å². The van der Waals surface area contributed by atoms with Crippen LogP contribution >= 0.6 is 0 Å². The molecule has 0 bridgehead atoms. The summed E-state index contributed by atoms with van der Waals surface area (Å²) in [6.45, 7) is 0.462. The summed E-state index contributed by atoms with van der Waals surface area (Å²) in [7, 11) is 6.78. The highest BCUT2D eigenvalue weighted by Gasteiger charge is 2.12. The molecule has 0 aliphatic heterocycles. The molecule has 0 aliphatic carbocycles. The molecule has 1 heterocycles. The first-order valence-electron chi connectivity index (χ1n) is 5.95. The Morgan fingerprint density at radius 1 is 1.11 bits per heavy atom. The monoisotopic (exact) mass is 262 g/mol.